The Balaban J connectivity index is 2.03. The van der Waals surface area contributed by atoms with E-state index in [4.69, 9.17) is 0 Å². The molecule has 21 heavy (non-hydrogen) atoms. The molecule has 0 aliphatic heterocycles. The zero-order valence-corrected chi connectivity index (χ0v) is 11.5. The number of non-ortho nitro benzene ring substituents is 1. The molecule has 0 aliphatic carbocycles. The van der Waals surface area contributed by atoms with Gasteiger partial charge in [0.1, 0.15) is 0 Å². The summed E-state index contributed by atoms with van der Waals surface area (Å²) in [4.78, 5) is 13.6. The predicted molar refractivity (Wildman–Crippen MR) is 82.3 cm³/mol. The van der Waals surface area contributed by atoms with E-state index in [9.17, 15) is 10.1 Å². The summed E-state index contributed by atoms with van der Waals surface area (Å²) in [5, 5.41) is 15.2. The van der Waals surface area contributed by atoms with Gasteiger partial charge in [-0.2, -0.15) is 0 Å². The number of aromatic amines is 1. The second-order valence-corrected chi connectivity index (χ2v) is 4.86. The molecule has 5 heteroatoms. The summed E-state index contributed by atoms with van der Waals surface area (Å²) in [5.74, 6) is 0. The highest BCUT2D eigenvalue weighted by Crippen LogP contribution is 2.29. The van der Waals surface area contributed by atoms with Crippen LogP contribution in [0.25, 0.3) is 10.9 Å². The molecule has 1 atom stereocenters. The lowest BCUT2D eigenvalue weighted by molar-refractivity contribution is -0.384. The third-order valence-electron chi connectivity index (χ3n) is 3.66. The van der Waals surface area contributed by atoms with Crippen molar-refractivity contribution in [3.63, 3.8) is 0 Å². The second-order valence-electron chi connectivity index (χ2n) is 4.86. The highest BCUT2D eigenvalue weighted by atomic mass is 16.6. The van der Waals surface area contributed by atoms with Gasteiger partial charge >= 0.3 is 0 Å². The number of nitrogens with zero attached hydrogens (tertiary/aromatic N) is 1. The van der Waals surface area contributed by atoms with Crippen LogP contribution in [0.3, 0.4) is 0 Å². The fourth-order valence-electron chi connectivity index (χ4n) is 2.62. The van der Waals surface area contributed by atoms with E-state index in [1.165, 1.54) is 12.1 Å². The Labute approximate surface area is 121 Å². The normalized spacial score (nSPS) is 12.4. The summed E-state index contributed by atoms with van der Waals surface area (Å²) in [6.07, 6.45) is 1.98. The predicted octanol–water partition coefficient (Wildman–Crippen LogP) is 3.38. The Morgan fingerprint density at radius 2 is 1.86 bits per heavy atom. The molecule has 106 valence electrons. The van der Waals surface area contributed by atoms with Crippen molar-refractivity contribution < 1.29 is 4.92 Å². The minimum Gasteiger partial charge on any atom is -0.361 e. The van der Waals surface area contributed by atoms with E-state index >= 15 is 0 Å². The van der Waals surface area contributed by atoms with Gasteiger partial charge in [0.2, 0.25) is 0 Å². The van der Waals surface area contributed by atoms with Crippen molar-refractivity contribution in [2.45, 2.75) is 6.04 Å². The van der Waals surface area contributed by atoms with Crippen LogP contribution in [-0.4, -0.2) is 17.0 Å². The molecule has 2 aromatic carbocycles. The maximum atomic E-state index is 10.7. The van der Waals surface area contributed by atoms with Gasteiger partial charge in [-0.25, -0.2) is 0 Å². The van der Waals surface area contributed by atoms with Crippen molar-refractivity contribution in [1.82, 2.24) is 10.3 Å². The average molecular weight is 281 g/mol. The molecular formula is C16H15N3O2. The number of benzene rings is 2. The first kappa shape index (κ1) is 13.3. The Kier molecular flexibility index (Phi) is 3.41. The van der Waals surface area contributed by atoms with Crippen molar-refractivity contribution in [3.05, 3.63) is 76.0 Å². The Morgan fingerprint density at radius 1 is 1.14 bits per heavy atom. The standard InChI is InChI=1S/C16H15N3O2/c1-17-16(11-6-8-12(9-7-11)19(20)21)14-10-18-15-5-3-2-4-13(14)15/h2-10,16-18H,1H3. The number of rotatable bonds is 4. The molecule has 0 bridgehead atoms. The van der Waals surface area contributed by atoms with E-state index in [1.54, 1.807) is 12.1 Å². The van der Waals surface area contributed by atoms with Crippen LogP contribution in [0.4, 0.5) is 5.69 Å². The number of fused-ring (bicyclic) bond motifs is 1. The quantitative estimate of drug-likeness (QED) is 0.569. The number of nitro groups is 1. The zero-order valence-electron chi connectivity index (χ0n) is 11.5. The van der Waals surface area contributed by atoms with Crippen LogP contribution in [0.1, 0.15) is 17.2 Å². The van der Waals surface area contributed by atoms with Crippen LogP contribution in [0.2, 0.25) is 0 Å². The number of nitrogens with one attached hydrogen (secondary N) is 2. The third kappa shape index (κ3) is 2.39. The first-order chi connectivity index (χ1) is 10.2. The monoisotopic (exact) mass is 281 g/mol. The number of nitro benzene ring substituents is 1. The number of hydrogen-bond acceptors (Lipinski definition) is 3. The zero-order chi connectivity index (χ0) is 14.8. The SMILES string of the molecule is CNC(c1ccc([N+](=O)[O-])cc1)c1c[nH]c2ccccc12. The van der Waals surface area contributed by atoms with Gasteiger partial charge in [-0.05, 0) is 24.2 Å². The highest BCUT2D eigenvalue weighted by Gasteiger charge is 2.17. The molecule has 0 fully saturated rings. The molecule has 0 saturated heterocycles. The molecule has 2 N–H and O–H groups in total. The Morgan fingerprint density at radius 3 is 2.52 bits per heavy atom. The third-order valence-corrected chi connectivity index (χ3v) is 3.66. The van der Waals surface area contributed by atoms with Gasteiger partial charge in [0.15, 0.2) is 0 Å². The largest absolute Gasteiger partial charge is 0.361 e. The van der Waals surface area contributed by atoms with Gasteiger partial charge in [0, 0.05) is 29.2 Å². The topological polar surface area (TPSA) is 71.0 Å². The van der Waals surface area contributed by atoms with Crippen molar-refractivity contribution in [2.75, 3.05) is 7.05 Å². The first-order valence-corrected chi connectivity index (χ1v) is 6.68. The van der Waals surface area contributed by atoms with Gasteiger partial charge in [-0.15, -0.1) is 0 Å². The first-order valence-electron chi connectivity index (χ1n) is 6.68. The summed E-state index contributed by atoms with van der Waals surface area (Å²) in [6.45, 7) is 0. The summed E-state index contributed by atoms with van der Waals surface area (Å²) in [5.41, 5.74) is 3.30. The lowest BCUT2D eigenvalue weighted by Gasteiger charge is -2.16. The summed E-state index contributed by atoms with van der Waals surface area (Å²) in [6, 6.07) is 14.7. The lowest BCUT2D eigenvalue weighted by atomic mass is 9.98. The van der Waals surface area contributed by atoms with Crippen molar-refractivity contribution in [1.29, 1.82) is 0 Å². The van der Waals surface area contributed by atoms with Crippen molar-refractivity contribution in [3.8, 4) is 0 Å². The minimum atomic E-state index is -0.385. The maximum absolute atomic E-state index is 10.7. The van der Waals surface area contributed by atoms with Gasteiger partial charge in [-0.1, -0.05) is 30.3 Å². The van der Waals surface area contributed by atoms with Crippen molar-refractivity contribution >= 4 is 16.6 Å². The molecule has 0 amide bonds. The van der Waals surface area contributed by atoms with Gasteiger partial charge in [0.05, 0.1) is 11.0 Å². The molecule has 1 unspecified atom stereocenters. The van der Waals surface area contributed by atoms with Crippen LogP contribution >= 0.6 is 0 Å². The molecule has 0 spiro atoms. The highest BCUT2D eigenvalue weighted by molar-refractivity contribution is 5.84. The molecule has 0 radical (unpaired) electrons. The maximum Gasteiger partial charge on any atom is 0.269 e. The number of para-hydroxylation sites is 1. The molecular weight excluding hydrogens is 266 g/mol. The number of H-pyrrole nitrogens is 1. The fourth-order valence-corrected chi connectivity index (χ4v) is 2.62. The second kappa shape index (κ2) is 5.38. The van der Waals surface area contributed by atoms with Gasteiger partial charge < -0.3 is 10.3 Å². The summed E-state index contributed by atoms with van der Waals surface area (Å²) >= 11 is 0. The van der Waals surface area contributed by atoms with Crippen LogP contribution in [0.5, 0.6) is 0 Å². The van der Waals surface area contributed by atoms with E-state index in [0.29, 0.717) is 0 Å². The summed E-state index contributed by atoms with van der Waals surface area (Å²) < 4.78 is 0. The Bertz CT molecular complexity index is 778. The molecule has 5 nitrogen and oxygen atoms in total. The lowest BCUT2D eigenvalue weighted by Crippen LogP contribution is -2.17. The molecule has 1 heterocycles. The Hall–Kier alpha value is -2.66. The fraction of sp³-hybridized carbons (Fsp3) is 0.125. The smallest absolute Gasteiger partial charge is 0.269 e. The van der Waals surface area contributed by atoms with E-state index in [-0.39, 0.29) is 16.7 Å². The summed E-state index contributed by atoms with van der Waals surface area (Å²) in [7, 11) is 1.88. The van der Waals surface area contributed by atoms with E-state index in [1.807, 2.05) is 31.4 Å². The van der Waals surface area contributed by atoms with Gasteiger partial charge in [-0.3, -0.25) is 10.1 Å². The molecule has 1 aromatic heterocycles. The van der Waals surface area contributed by atoms with Crippen LogP contribution in [0, 0.1) is 10.1 Å². The van der Waals surface area contributed by atoms with Crippen LogP contribution in [-0.2, 0) is 0 Å². The molecule has 3 rings (SSSR count). The van der Waals surface area contributed by atoms with Crippen molar-refractivity contribution in [2.24, 2.45) is 0 Å². The minimum absolute atomic E-state index is 0.0121. The molecule has 0 saturated carbocycles. The van der Waals surface area contributed by atoms with Crippen LogP contribution < -0.4 is 5.32 Å². The van der Waals surface area contributed by atoms with Crippen LogP contribution in [0.15, 0.2) is 54.7 Å². The van der Waals surface area contributed by atoms with E-state index < -0.39 is 0 Å². The molecule has 3 aromatic rings. The van der Waals surface area contributed by atoms with E-state index in [0.717, 1.165) is 22.0 Å². The number of aromatic nitrogens is 1. The van der Waals surface area contributed by atoms with E-state index in [2.05, 4.69) is 16.4 Å². The number of hydrogen-bond donors (Lipinski definition) is 2. The average Bonchev–Trinajstić information content (AvgIpc) is 2.93. The van der Waals surface area contributed by atoms with Gasteiger partial charge in [0.25, 0.3) is 5.69 Å². The molecule has 0 aliphatic rings.